The molecule has 1 aliphatic heterocycles. The first-order valence-corrected chi connectivity index (χ1v) is 12.1. The Morgan fingerprint density at radius 1 is 0.867 bits per heavy atom. The summed E-state index contributed by atoms with van der Waals surface area (Å²) in [5, 5.41) is 6.90. The van der Waals surface area contributed by atoms with Crippen LogP contribution in [0, 0.1) is 0 Å². The van der Waals surface area contributed by atoms with Gasteiger partial charge >= 0.3 is 0 Å². The first kappa shape index (κ1) is 20.4. The lowest BCUT2D eigenvalue weighted by atomic mass is 9.98. The van der Waals surface area contributed by atoms with Crippen molar-refractivity contribution in [2.45, 2.75) is 10.9 Å². The van der Waals surface area contributed by atoms with E-state index < -0.39 is 9.84 Å². The van der Waals surface area contributed by atoms with Crippen molar-refractivity contribution < 1.29 is 8.42 Å². The van der Waals surface area contributed by atoms with E-state index in [1.165, 1.54) is 6.26 Å². The van der Waals surface area contributed by atoms with Gasteiger partial charge in [0.15, 0.2) is 9.84 Å². The van der Waals surface area contributed by atoms with Gasteiger partial charge in [-0.1, -0.05) is 60.7 Å². The van der Waals surface area contributed by atoms with E-state index in [1.807, 2.05) is 48.5 Å². The van der Waals surface area contributed by atoms with Gasteiger partial charge in [0.05, 0.1) is 16.6 Å². The summed E-state index contributed by atoms with van der Waals surface area (Å²) in [4.78, 5) is 2.60. The van der Waals surface area contributed by atoms with Crippen LogP contribution in [0.1, 0.15) is 17.2 Å². The monoisotopic (exact) mass is 421 g/mol. The number of piperazine rings is 1. The van der Waals surface area contributed by atoms with Crippen LogP contribution in [-0.2, 0) is 9.84 Å². The summed E-state index contributed by atoms with van der Waals surface area (Å²) in [6.45, 7) is 3.65. The highest BCUT2D eigenvalue weighted by atomic mass is 32.2. The summed E-state index contributed by atoms with van der Waals surface area (Å²) >= 11 is 0. The van der Waals surface area contributed by atoms with E-state index in [9.17, 15) is 8.42 Å². The van der Waals surface area contributed by atoms with Crippen LogP contribution in [0.4, 0.5) is 11.4 Å². The second kappa shape index (κ2) is 8.90. The SMILES string of the molecule is CS(=O)(=O)c1ccc(N2CCNCC2)cc1NC(c1ccccc1)c1ccccc1. The van der Waals surface area contributed by atoms with Crippen molar-refractivity contribution in [3.05, 3.63) is 90.0 Å². The molecule has 1 saturated heterocycles. The van der Waals surface area contributed by atoms with Crippen LogP contribution in [0.3, 0.4) is 0 Å². The summed E-state index contributed by atoms with van der Waals surface area (Å²) < 4.78 is 25.1. The third kappa shape index (κ3) is 4.66. The minimum atomic E-state index is -3.38. The molecule has 0 unspecified atom stereocenters. The molecule has 0 aliphatic carbocycles. The number of nitrogens with one attached hydrogen (secondary N) is 2. The van der Waals surface area contributed by atoms with E-state index in [0.717, 1.165) is 43.0 Å². The third-order valence-electron chi connectivity index (χ3n) is 5.41. The van der Waals surface area contributed by atoms with Gasteiger partial charge in [0.2, 0.25) is 0 Å². The highest BCUT2D eigenvalue weighted by molar-refractivity contribution is 7.90. The van der Waals surface area contributed by atoms with Gasteiger partial charge in [0.1, 0.15) is 0 Å². The molecular formula is C24H27N3O2S. The van der Waals surface area contributed by atoms with Crippen molar-refractivity contribution in [2.24, 2.45) is 0 Å². The Hall–Kier alpha value is -2.83. The Morgan fingerprint density at radius 3 is 1.97 bits per heavy atom. The zero-order valence-corrected chi connectivity index (χ0v) is 17.9. The smallest absolute Gasteiger partial charge is 0.177 e. The van der Waals surface area contributed by atoms with Crippen LogP contribution in [0.2, 0.25) is 0 Å². The van der Waals surface area contributed by atoms with Gasteiger partial charge in [-0.15, -0.1) is 0 Å². The number of sulfone groups is 1. The molecule has 0 saturated carbocycles. The maximum absolute atomic E-state index is 12.5. The highest BCUT2D eigenvalue weighted by Gasteiger charge is 2.21. The van der Waals surface area contributed by atoms with Crippen molar-refractivity contribution >= 4 is 21.2 Å². The predicted molar refractivity (Wildman–Crippen MR) is 123 cm³/mol. The largest absolute Gasteiger partial charge is 0.373 e. The van der Waals surface area contributed by atoms with E-state index in [4.69, 9.17) is 0 Å². The molecule has 6 heteroatoms. The average Bonchev–Trinajstić information content (AvgIpc) is 2.78. The molecule has 0 bridgehead atoms. The van der Waals surface area contributed by atoms with E-state index in [0.29, 0.717) is 10.6 Å². The molecule has 2 N–H and O–H groups in total. The number of hydrogen-bond donors (Lipinski definition) is 2. The fourth-order valence-corrected chi connectivity index (χ4v) is 4.71. The van der Waals surface area contributed by atoms with Crippen molar-refractivity contribution in [1.82, 2.24) is 5.32 Å². The molecule has 3 aromatic rings. The molecule has 0 atom stereocenters. The lowest BCUT2D eigenvalue weighted by Gasteiger charge is -2.30. The van der Waals surface area contributed by atoms with Gasteiger partial charge in [0, 0.05) is 38.1 Å². The lowest BCUT2D eigenvalue weighted by Crippen LogP contribution is -2.43. The quantitative estimate of drug-likeness (QED) is 0.636. The van der Waals surface area contributed by atoms with Gasteiger partial charge < -0.3 is 15.5 Å². The summed E-state index contributed by atoms with van der Waals surface area (Å²) in [7, 11) is -3.38. The second-order valence-corrected chi connectivity index (χ2v) is 9.57. The predicted octanol–water partition coefficient (Wildman–Crippen LogP) is 3.70. The second-order valence-electron chi connectivity index (χ2n) is 7.59. The normalized spacial score (nSPS) is 14.7. The van der Waals surface area contributed by atoms with Gasteiger partial charge in [-0.05, 0) is 29.3 Å². The van der Waals surface area contributed by atoms with Crippen molar-refractivity contribution in [2.75, 3.05) is 42.7 Å². The van der Waals surface area contributed by atoms with Crippen LogP contribution < -0.4 is 15.5 Å². The van der Waals surface area contributed by atoms with Crippen LogP contribution in [-0.4, -0.2) is 40.9 Å². The van der Waals surface area contributed by atoms with E-state index in [2.05, 4.69) is 39.8 Å². The molecule has 3 aromatic carbocycles. The zero-order valence-electron chi connectivity index (χ0n) is 17.1. The van der Waals surface area contributed by atoms with Gasteiger partial charge in [-0.2, -0.15) is 0 Å². The molecule has 1 aliphatic rings. The molecule has 4 rings (SSSR count). The van der Waals surface area contributed by atoms with Crippen molar-refractivity contribution in [3.8, 4) is 0 Å². The van der Waals surface area contributed by atoms with Crippen LogP contribution in [0.5, 0.6) is 0 Å². The van der Waals surface area contributed by atoms with Gasteiger partial charge in [-0.25, -0.2) is 8.42 Å². The van der Waals surface area contributed by atoms with Gasteiger partial charge in [0.25, 0.3) is 0 Å². The summed E-state index contributed by atoms with van der Waals surface area (Å²) in [5.74, 6) is 0. The number of anilines is 2. The third-order valence-corrected chi connectivity index (χ3v) is 6.57. The van der Waals surface area contributed by atoms with Crippen LogP contribution in [0.25, 0.3) is 0 Å². The highest BCUT2D eigenvalue weighted by Crippen LogP contribution is 2.33. The van der Waals surface area contributed by atoms with Crippen LogP contribution in [0.15, 0.2) is 83.8 Å². The van der Waals surface area contributed by atoms with E-state index in [1.54, 1.807) is 6.07 Å². The topological polar surface area (TPSA) is 61.4 Å². The van der Waals surface area contributed by atoms with Gasteiger partial charge in [-0.3, -0.25) is 0 Å². The molecule has 0 spiro atoms. The number of hydrogen-bond acceptors (Lipinski definition) is 5. The molecule has 0 radical (unpaired) electrons. The number of nitrogens with zero attached hydrogens (tertiary/aromatic N) is 1. The van der Waals surface area contributed by atoms with Crippen molar-refractivity contribution in [3.63, 3.8) is 0 Å². The number of rotatable bonds is 6. The molecule has 156 valence electrons. The zero-order chi connectivity index (χ0) is 21.0. The molecule has 1 heterocycles. The Morgan fingerprint density at radius 2 is 1.43 bits per heavy atom. The van der Waals surface area contributed by atoms with Crippen LogP contribution >= 0.6 is 0 Å². The molecule has 1 fully saturated rings. The van der Waals surface area contributed by atoms with Crippen molar-refractivity contribution in [1.29, 1.82) is 0 Å². The Balaban J connectivity index is 1.77. The average molecular weight is 422 g/mol. The van der Waals surface area contributed by atoms with E-state index in [-0.39, 0.29) is 6.04 Å². The lowest BCUT2D eigenvalue weighted by molar-refractivity contribution is 0.589. The Bertz CT molecular complexity index is 1040. The fourth-order valence-electron chi connectivity index (χ4n) is 3.88. The fraction of sp³-hybridized carbons (Fsp3) is 0.250. The minimum absolute atomic E-state index is 0.161. The molecule has 0 amide bonds. The maximum Gasteiger partial charge on any atom is 0.177 e. The summed E-state index contributed by atoms with van der Waals surface area (Å²) in [6, 6.07) is 25.7. The number of benzene rings is 3. The molecular weight excluding hydrogens is 394 g/mol. The molecule has 30 heavy (non-hydrogen) atoms. The summed E-state index contributed by atoms with van der Waals surface area (Å²) in [6.07, 6.45) is 1.26. The first-order chi connectivity index (χ1) is 14.5. The standard InChI is InChI=1S/C24H27N3O2S/c1-30(28,29)23-13-12-21(27-16-14-25-15-17-27)18-22(23)26-24(19-8-4-2-5-9-19)20-10-6-3-7-11-20/h2-13,18,24-26H,14-17H2,1H3. The minimum Gasteiger partial charge on any atom is -0.373 e. The molecule has 0 aromatic heterocycles. The Kier molecular flexibility index (Phi) is 6.06. The van der Waals surface area contributed by atoms with E-state index >= 15 is 0 Å². The summed E-state index contributed by atoms with van der Waals surface area (Å²) in [5.41, 5.74) is 3.82. The molecule has 5 nitrogen and oxygen atoms in total. The Labute approximate surface area is 178 Å². The first-order valence-electron chi connectivity index (χ1n) is 10.2. The maximum atomic E-state index is 12.5.